The number of hydrogen-bond acceptors (Lipinski definition) is 8. The molecule has 3 aliphatic rings. The van der Waals surface area contributed by atoms with Crippen LogP contribution in [0, 0.1) is 5.92 Å². The minimum Gasteiger partial charge on any atom is -0.493 e. The van der Waals surface area contributed by atoms with E-state index in [0.29, 0.717) is 37.7 Å². The van der Waals surface area contributed by atoms with Crippen LogP contribution in [0.3, 0.4) is 0 Å². The molecule has 0 radical (unpaired) electrons. The predicted octanol–water partition coefficient (Wildman–Crippen LogP) is 5.13. The molecule has 0 amide bonds. The van der Waals surface area contributed by atoms with E-state index in [4.69, 9.17) is 33.2 Å². The Hall–Kier alpha value is -2.39. The van der Waals surface area contributed by atoms with Gasteiger partial charge in [-0.2, -0.15) is 0 Å². The first-order valence-electron chi connectivity index (χ1n) is 13.9. The summed E-state index contributed by atoms with van der Waals surface area (Å²) in [4.78, 5) is 12.9. The van der Waals surface area contributed by atoms with Gasteiger partial charge in [0.15, 0.2) is 11.5 Å². The highest BCUT2D eigenvalue weighted by Gasteiger charge is 2.72. The Morgan fingerprint density at radius 2 is 1.95 bits per heavy atom. The van der Waals surface area contributed by atoms with Crippen LogP contribution in [-0.2, 0) is 28.5 Å². The number of hydrogen-bond donors (Lipinski definition) is 0. The Morgan fingerprint density at radius 1 is 1.18 bits per heavy atom. The zero-order valence-corrected chi connectivity index (χ0v) is 24.4. The van der Waals surface area contributed by atoms with Crippen molar-refractivity contribution in [3.05, 3.63) is 41.5 Å². The first-order valence-corrected chi connectivity index (χ1v) is 13.9. The average Bonchev–Trinajstić information content (AvgIpc) is 3.82. The first kappa shape index (κ1) is 29.6. The van der Waals surface area contributed by atoms with Gasteiger partial charge in [-0.1, -0.05) is 17.7 Å². The summed E-state index contributed by atoms with van der Waals surface area (Å²) in [7, 11) is 3.27. The van der Waals surface area contributed by atoms with E-state index in [2.05, 4.69) is 26.8 Å². The van der Waals surface area contributed by atoms with E-state index in [1.54, 1.807) is 20.3 Å². The minimum absolute atomic E-state index is 0.0120. The first-order chi connectivity index (χ1) is 18.6. The van der Waals surface area contributed by atoms with Gasteiger partial charge in [0.1, 0.15) is 30.0 Å². The van der Waals surface area contributed by atoms with Crippen LogP contribution < -0.4 is 9.47 Å². The molecule has 2 aliphatic heterocycles. The van der Waals surface area contributed by atoms with Gasteiger partial charge in [0, 0.05) is 13.2 Å². The molecule has 0 N–H and O–H groups in total. The van der Waals surface area contributed by atoms with Crippen molar-refractivity contribution in [3.8, 4) is 11.5 Å². The zero-order chi connectivity index (χ0) is 28.2. The van der Waals surface area contributed by atoms with Crippen LogP contribution in [0.2, 0.25) is 0 Å². The fraction of sp³-hybridized carbons (Fsp3) is 0.645. The van der Waals surface area contributed by atoms with Gasteiger partial charge in [-0.25, -0.2) is 4.79 Å². The number of carbonyl (C=O) groups is 1. The highest BCUT2D eigenvalue weighted by atomic mass is 16.6. The summed E-state index contributed by atoms with van der Waals surface area (Å²) >= 11 is 0. The summed E-state index contributed by atoms with van der Waals surface area (Å²) in [5.74, 6) is 0.775. The quantitative estimate of drug-likeness (QED) is 0.111. The fourth-order valence-corrected chi connectivity index (χ4v) is 5.77. The molecule has 2 heterocycles. The third-order valence-corrected chi connectivity index (χ3v) is 7.90. The van der Waals surface area contributed by atoms with Crippen LogP contribution in [0.25, 0.3) is 6.08 Å². The van der Waals surface area contributed by atoms with Crippen molar-refractivity contribution in [2.45, 2.75) is 89.5 Å². The van der Waals surface area contributed by atoms with Gasteiger partial charge in [0.25, 0.3) is 0 Å². The maximum Gasteiger partial charge on any atom is 0.331 e. The van der Waals surface area contributed by atoms with Crippen molar-refractivity contribution >= 4 is 12.0 Å². The molecule has 1 aromatic carbocycles. The number of epoxide rings is 2. The molecule has 1 aromatic rings. The monoisotopic (exact) mass is 544 g/mol. The third-order valence-electron chi connectivity index (χ3n) is 7.90. The molecule has 0 aromatic heterocycles. The van der Waals surface area contributed by atoms with Gasteiger partial charge in [0.05, 0.1) is 38.4 Å². The second-order valence-corrected chi connectivity index (χ2v) is 11.4. The van der Waals surface area contributed by atoms with E-state index < -0.39 is 5.97 Å². The number of esters is 1. The lowest BCUT2D eigenvalue weighted by Gasteiger charge is -2.42. The number of methoxy groups -OCH3 is 2. The lowest BCUT2D eigenvalue weighted by molar-refractivity contribution is -0.166. The van der Waals surface area contributed by atoms with Crippen molar-refractivity contribution in [1.82, 2.24) is 0 Å². The molecule has 1 spiro atoms. The molecule has 2 saturated heterocycles. The van der Waals surface area contributed by atoms with Crippen LogP contribution in [0.1, 0.15) is 59.4 Å². The molecule has 1 aliphatic carbocycles. The van der Waals surface area contributed by atoms with Crippen LogP contribution in [0.5, 0.6) is 11.5 Å². The molecule has 39 heavy (non-hydrogen) atoms. The number of ether oxygens (including phenoxy) is 7. The summed E-state index contributed by atoms with van der Waals surface area (Å²) in [5.41, 5.74) is 1.44. The van der Waals surface area contributed by atoms with Crippen LogP contribution >= 0.6 is 0 Å². The van der Waals surface area contributed by atoms with Crippen molar-refractivity contribution in [3.63, 3.8) is 0 Å². The topological polar surface area (TPSA) is 88.3 Å². The maximum absolute atomic E-state index is 12.9. The Labute approximate surface area is 232 Å². The molecule has 3 fully saturated rings. The largest absolute Gasteiger partial charge is 0.493 e. The summed E-state index contributed by atoms with van der Waals surface area (Å²) in [6.45, 7) is 11.8. The molecule has 2 unspecified atom stereocenters. The second-order valence-electron chi connectivity index (χ2n) is 11.4. The molecular weight excluding hydrogens is 500 g/mol. The number of allylic oxidation sites excluding steroid dienone is 1. The van der Waals surface area contributed by atoms with E-state index in [1.165, 1.54) is 11.6 Å². The SMILES string of the molecule is COc1ccc(/C=C/C(=O)OC2CC[C@]3(CO3)[C@@H](C3(C)O[C@H]3CC=C(C)C)[C@@H]2OC)cc1OCCOC(C)C. The standard InChI is InChI=1S/C31H44O8/c1-20(2)8-12-26-30(5,39-26)29-28(34-7)24(14-15-31(29)19-37-31)38-27(32)13-10-22-9-11-23(33-6)25(18-22)36-17-16-35-21(3)4/h8-11,13,18,21,24,26,28-29H,12,14-17,19H2,1-7H3/b13-10+/t24?,26-,28+,29+,30?,31-/m0/s1. The molecule has 216 valence electrons. The Kier molecular flexibility index (Phi) is 9.42. The molecule has 6 atom stereocenters. The zero-order valence-electron chi connectivity index (χ0n) is 24.4. The summed E-state index contributed by atoms with van der Waals surface area (Å²) < 4.78 is 41.0. The Balaban J connectivity index is 1.39. The van der Waals surface area contributed by atoms with Gasteiger partial charge < -0.3 is 33.2 Å². The highest BCUT2D eigenvalue weighted by Crippen LogP contribution is 2.59. The van der Waals surface area contributed by atoms with Crippen LogP contribution in [-0.4, -0.2) is 75.6 Å². The predicted molar refractivity (Wildman–Crippen MR) is 148 cm³/mol. The average molecular weight is 545 g/mol. The van der Waals surface area contributed by atoms with Crippen molar-refractivity contribution in [2.24, 2.45) is 5.92 Å². The van der Waals surface area contributed by atoms with Crippen molar-refractivity contribution in [1.29, 1.82) is 0 Å². The molecule has 1 saturated carbocycles. The third kappa shape index (κ3) is 7.04. The fourth-order valence-electron chi connectivity index (χ4n) is 5.77. The van der Waals surface area contributed by atoms with Crippen LogP contribution in [0.4, 0.5) is 0 Å². The number of carbonyl (C=O) groups excluding carboxylic acids is 1. The molecule has 8 nitrogen and oxygen atoms in total. The van der Waals surface area contributed by atoms with Gasteiger partial charge in [-0.05, 0) is 77.7 Å². The lowest BCUT2D eigenvalue weighted by Crippen LogP contribution is -2.55. The van der Waals surface area contributed by atoms with Crippen LogP contribution in [0.15, 0.2) is 35.9 Å². The summed E-state index contributed by atoms with van der Waals surface area (Å²) in [6, 6.07) is 5.51. The van der Waals surface area contributed by atoms with Gasteiger partial charge in [-0.3, -0.25) is 0 Å². The highest BCUT2D eigenvalue weighted by molar-refractivity contribution is 5.87. The smallest absolute Gasteiger partial charge is 0.331 e. The normalized spacial score (nSPS) is 31.4. The number of benzene rings is 1. The summed E-state index contributed by atoms with van der Waals surface area (Å²) in [6.07, 6.45) is 7.27. The van der Waals surface area contributed by atoms with E-state index in [9.17, 15) is 4.79 Å². The van der Waals surface area contributed by atoms with E-state index >= 15 is 0 Å². The molecule has 0 bridgehead atoms. The van der Waals surface area contributed by atoms with Gasteiger partial charge >= 0.3 is 5.97 Å². The minimum atomic E-state index is -0.417. The van der Waals surface area contributed by atoms with E-state index in [1.807, 2.05) is 32.0 Å². The molecular formula is C31H44O8. The van der Waals surface area contributed by atoms with E-state index in [-0.39, 0.29) is 41.5 Å². The second kappa shape index (κ2) is 12.4. The van der Waals surface area contributed by atoms with Gasteiger partial charge in [-0.15, -0.1) is 0 Å². The lowest BCUT2D eigenvalue weighted by atomic mass is 9.68. The van der Waals surface area contributed by atoms with Gasteiger partial charge in [0.2, 0.25) is 0 Å². The van der Waals surface area contributed by atoms with Crippen molar-refractivity contribution < 1.29 is 38.0 Å². The summed E-state index contributed by atoms with van der Waals surface area (Å²) in [5, 5.41) is 0. The maximum atomic E-state index is 12.9. The number of rotatable bonds is 13. The Morgan fingerprint density at radius 3 is 2.59 bits per heavy atom. The van der Waals surface area contributed by atoms with Crippen molar-refractivity contribution in [2.75, 3.05) is 34.0 Å². The molecule has 8 heteroatoms. The van der Waals surface area contributed by atoms with E-state index in [0.717, 1.165) is 18.4 Å². The molecule has 4 rings (SSSR count). The Bertz CT molecular complexity index is 1050.